The minimum Gasteiger partial charge on any atom is -0.534 e. The largest absolute Gasteiger partial charge is 0.559 e. The van der Waals surface area contributed by atoms with E-state index in [9.17, 15) is 4.39 Å². The first-order valence-corrected chi connectivity index (χ1v) is 9.04. The molecule has 1 saturated heterocycles. The third-order valence-electron chi connectivity index (χ3n) is 5.05. The van der Waals surface area contributed by atoms with E-state index in [1.807, 2.05) is 32.9 Å². The molecule has 0 saturated carbocycles. The van der Waals surface area contributed by atoms with E-state index in [1.54, 1.807) is 12.3 Å². The SMILES string of the molecule is C=C1OB(/C(CC)=C2/c3ccc(F)cc3OCc3ncccc32)OC1(C)C. The fourth-order valence-electron chi connectivity index (χ4n) is 3.47. The average molecular weight is 365 g/mol. The van der Waals surface area contributed by atoms with Gasteiger partial charge in [0.2, 0.25) is 0 Å². The van der Waals surface area contributed by atoms with E-state index >= 15 is 0 Å². The minimum absolute atomic E-state index is 0.275. The molecular weight excluding hydrogens is 344 g/mol. The fraction of sp³-hybridized carbons (Fsp3) is 0.286. The number of halogens is 1. The number of aromatic nitrogens is 1. The van der Waals surface area contributed by atoms with Crippen LogP contribution < -0.4 is 4.74 Å². The van der Waals surface area contributed by atoms with Gasteiger partial charge in [0.15, 0.2) is 0 Å². The van der Waals surface area contributed by atoms with Crippen molar-refractivity contribution in [3.63, 3.8) is 0 Å². The fourth-order valence-corrected chi connectivity index (χ4v) is 3.47. The minimum atomic E-state index is -0.573. The van der Waals surface area contributed by atoms with E-state index in [2.05, 4.69) is 11.6 Å². The Morgan fingerprint density at radius 3 is 2.81 bits per heavy atom. The zero-order valence-corrected chi connectivity index (χ0v) is 15.7. The number of nitrogens with zero attached hydrogens (tertiary/aromatic N) is 1. The first kappa shape index (κ1) is 17.8. The first-order chi connectivity index (χ1) is 12.9. The summed E-state index contributed by atoms with van der Waals surface area (Å²) >= 11 is 0. The third kappa shape index (κ3) is 3.04. The van der Waals surface area contributed by atoms with Crippen LogP contribution in [0.15, 0.2) is 54.3 Å². The number of allylic oxidation sites excluding steroid dienone is 1. The summed E-state index contributed by atoms with van der Waals surface area (Å²) in [5, 5.41) is 0. The maximum Gasteiger partial charge on any atom is 0.559 e. The van der Waals surface area contributed by atoms with Gasteiger partial charge in [-0.3, -0.25) is 4.98 Å². The van der Waals surface area contributed by atoms with E-state index in [-0.39, 0.29) is 12.4 Å². The van der Waals surface area contributed by atoms with Gasteiger partial charge in [0.1, 0.15) is 23.8 Å². The van der Waals surface area contributed by atoms with Crippen molar-refractivity contribution in [3.05, 3.63) is 77.0 Å². The lowest BCUT2D eigenvalue weighted by molar-refractivity contribution is 0.171. The number of hydrogen-bond donors (Lipinski definition) is 0. The maximum absolute atomic E-state index is 13.8. The molecule has 138 valence electrons. The second-order valence-electron chi connectivity index (χ2n) is 7.18. The molecular formula is C21H21BFNO3. The van der Waals surface area contributed by atoms with Crippen molar-refractivity contribution in [1.29, 1.82) is 0 Å². The highest BCUT2D eigenvalue weighted by molar-refractivity contribution is 6.57. The second kappa shape index (κ2) is 6.53. The Balaban J connectivity index is 1.97. The maximum atomic E-state index is 13.8. The molecule has 0 aliphatic carbocycles. The monoisotopic (exact) mass is 365 g/mol. The van der Waals surface area contributed by atoms with Crippen LogP contribution in [-0.4, -0.2) is 17.7 Å². The molecule has 1 aromatic carbocycles. The van der Waals surface area contributed by atoms with Crippen molar-refractivity contribution in [1.82, 2.24) is 4.98 Å². The van der Waals surface area contributed by atoms with E-state index in [1.165, 1.54) is 12.1 Å². The van der Waals surface area contributed by atoms with Gasteiger partial charge in [-0.1, -0.05) is 19.6 Å². The van der Waals surface area contributed by atoms with Crippen LogP contribution in [0.3, 0.4) is 0 Å². The van der Waals surface area contributed by atoms with Crippen molar-refractivity contribution >= 4 is 12.7 Å². The lowest BCUT2D eigenvalue weighted by Gasteiger charge is -2.18. The summed E-state index contributed by atoms with van der Waals surface area (Å²) in [7, 11) is -0.559. The van der Waals surface area contributed by atoms with Crippen molar-refractivity contribution in [2.75, 3.05) is 0 Å². The van der Waals surface area contributed by atoms with Gasteiger partial charge in [0.25, 0.3) is 0 Å². The van der Waals surface area contributed by atoms with Crippen molar-refractivity contribution in [2.45, 2.75) is 39.4 Å². The molecule has 2 aliphatic rings. The lowest BCUT2D eigenvalue weighted by Crippen LogP contribution is -2.26. The average Bonchev–Trinajstić information content (AvgIpc) is 2.82. The van der Waals surface area contributed by atoms with Gasteiger partial charge >= 0.3 is 7.12 Å². The molecule has 4 rings (SSSR count). The van der Waals surface area contributed by atoms with Crippen LogP contribution in [0.5, 0.6) is 5.75 Å². The van der Waals surface area contributed by atoms with Crippen LogP contribution in [0.25, 0.3) is 5.57 Å². The molecule has 2 aliphatic heterocycles. The van der Waals surface area contributed by atoms with Crippen LogP contribution in [0.4, 0.5) is 4.39 Å². The van der Waals surface area contributed by atoms with Gasteiger partial charge in [-0.2, -0.15) is 0 Å². The Bertz CT molecular complexity index is 954. The molecule has 4 nitrogen and oxygen atoms in total. The molecule has 6 heteroatoms. The number of hydrogen-bond acceptors (Lipinski definition) is 4. The summed E-state index contributed by atoms with van der Waals surface area (Å²) in [5.74, 6) is 0.743. The Hall–Kier alpha value is -2.60. The molecule has 0 N–H and O–H groups in total. The highest BCUT2D eigenvalue weighted by Crippen LogP contribution is 2.42. The summed E-state index contributed by atoms with van der Waals surface area (Å²) in [4.78, 5) is 4.47. The van der Waals surface area contributed by atoms with Gasteiger partial charge < -0.3 is 14.0 Å². The summed E-state index contributed by atoms with van der Waals surface area (Å²) in [6.45, 7) is 10.2. The molecule has 27 heavy (non-hydrogen) atoms. The smallest absolute Gasteiger partial charge is 0.534 e. The number of fused-ring (bicyclic) bond motifs is 2. The molecule has 0 unspecified atom stereocenters. The number of benzene rings is 1. The number of ether oxygens (including phenoxy) is 1. The molecule has 0 spiro atoms. The topological polar surface area (TPSA) is 40.6 Å². The highest BCUT2D eigenvalue weighted by Gasteiger charge is 2.45. The summed E-state index contributed by atoms with van der Waals surface area (Å²) in [5.41, 5.74) is 3.85. The molecule has 0 amide bonds. The van der Waals surface area contributed by atoms with Gasteiger partial charge in [0, 0.05) is 23.4 Å². The first-order valence-electron chi connectivity index (χ1n) is 9.04. The third-order valence-corrected chi connectivity index (χ3v) is 5.05. The van der Waals surface area contributed by atoms with Crippen LogP contribution in [-0.2, 0) is 15.9 Å². The van der Waals surface area contributed by atoms with Crippen LogP contribution in [0, 0.1) is 5.82 Å². The van der Waals surface area contributed by atoms with Crippen molar-refractivity contribution < 1.29 is 18.4 Å². The van der Waals surface area contributed by atoms with Gasteiger partial charge in [-0.05, 0) is 49.5 Å². The van der Waals surface area contributed by atoms with Gasteiger partial charge in [-0.25, -0.2) is 4.39 Å². The summed E-state index contributed by atoms with van der Waals surface area (Å²) < 4.78 is 31.8. The van der Waals surface area contributed by atoms with Gasteiger partial charge in [-0.15, -0.1) is 0 Å². The molecule has 3 heterocycles. The molecule has 0 radical (unpaired) electrons. The normalized spacial score (nSPS) is 19.6. The van der Waals surface area contributed by atoms with E-state index in [0.29, 0.717) is 17.9 Å². The quantitative estimate of drug-likeness (QED) is 0.724. The molecule has 1 aromatic heterocycles. The van der Waals surface area contributed by atoms with Crippen LogP contribution >= 0.6 is 0 Å². The Kier molecular flexibility index (Phi) is 4.31. The summed E-state index contributed by atoms with van der Waals surface area (Å²) in [6.07, 6.45) is 2.42. The van der Waals surface area contributed by atoms with Crippen molar-refractivity contribution in [2.24, 2.45) is 0 Å². The number of rotatable bonds is 2. The van der Waals surface area contributed by atoms with E-state index < -0.39 is 12.7 Å². The van der Waals surface area contributed by atoms with E-state index in [4.69, 9.17) is 14.0 Å². The zero-order valence-electron chi connectivity index (χ0n) is 15.7. The summed E-state index contributed by atoms with van der Waals surface area (Å²) in [6, 6.07) is 8.49. The predicted molar refractivity (Wildman–Crippen MR) is 102 cm³/mol. The Morgan fingerprint density at radius 2 is 2.11 bits per heavy atom. The zero-order chi connectivity index (χ0) is 19.2. The molecule has 2 aromatic rings. The predicted octanol–water partition coefficient (Wildman–Crippen LogP) is 4.69. The van der Waals surface area contributed by atoms with Crippen molar-refractivity contribution in [3.8, 4) is 5.75 Å². The Labute approximate surface area is 158 Å². The number of pyridine rings is 1. The molecule has 1 fully saturated rings. The second-order valence-corrected chi connectivity index (χ2v) is 7.18. The van der Waals surface area contributed by atoms with Crippen LogP contribution in [0.1, 0.15) is 44.0 Å². The van der Waals surface area contributed by atoms with Crippen LogP contribution in [0.2, 0.25) is 0 Å². The molecule has 0 bridgehead atoms. The van der Waals surface area contributed by atoms with Gasteiger partial charge in [0.05, 0.1) is 11.5 Å². The molecule has 0 atom stereocenters. The Morgan fingerprint density at radius 1 is 1.30 bits per heavy atom. The highest BCUT2D eigenvalue weighted by atomic mass is 19.1. The standard InChI is InChI=1S/C21H21BFNO3/c1-5-17(22-26-13(2)21(3,4)27-22)20-15-7-6-10-24-18(15)12-25-19-11-14(23)8-9-16(19)20/h6-11H,2,5,12H2,1,3-4H3/b20-17+. The lowest BCUT2D eigenvalue weighted by atomic mass is 9.70. The van der Waals surface area contributed by atoms with E-state index in [0.717, 1.165) is 27.9 Å².